The van der Waals surface area contributed by atoms with Crippen LogP contribution in [0.5, 0.6) is 0 Å². The van der Waals surface area contributed by atoms with Gasteiger partial charge in [0.25, 0.3) is 0 Å². The van der Waals surface area contributed by atoms with E-state index in [1.165, 1.54) is 66.3 Å². The summed E-state index contributed by atoms with van der Waals surface area (Å²) in [6, 6.07) is 71.7. The number of nitrogens with zero attached hydrogens (tertiary/aromatic N) is 1. The zero-order valence-corrected chi connectivity index (χ0v) is 27.5. The first-order valence-corrected chi connectivity index (χ1v) is 17.1. The smallest absolute Gasteiger partial charge is 0.0541 e. The summed E-state index contributed by atoms with van der Waals surface area (Å²) in [6.07, 6.45) is 0. The van der Waals surface area contributed by atoms with Gasteiger partial charge in [-0.25, -0.2) is 0 Å². The van der Waals surface area contributed by atoms with Gasteiger partial charge in [0.05, 0.1) is 11.0 Å². The minimum Gasteiger partial charge on any atom is -0.355 e. The molecule has 9 aromatic rings. The van der Waals surface area contributed by atoms with E-state index in [0.29, 0.717) is 0 Å². The van der Waals surface area contributed by atoms with Gasteiger partial charge in [-0.3, -0.25) is 0 Å². The molecule has 2 heteroatoms. The van der Waals surface area contributed by atoms with Crippen molar-refractivity contribution in [2.75, 3.05) is 5.32 Å². The number of aromatic nitrogens is 1. The second-order valence-corrected chi connectivity index (χ2v) is 12.7. The zero-order valence-electron chi connectivity index (χ0n) is 27.5. The molecule has 0 bridgehead atoms. The molecule has 0 aliphatic heterocycles. The van der Waals surface area contributed by atoms with Crippen molar-refractivity contribution in [3.05, 3.63) is 200 Å². The molecule has 0 saturated heterocycles. The maximum Gasteiger partial charge on any atom is 0.0541 e. The summed E-state index contributed by atoms with van der Waals surface area (Å²) in [7, 11) is 0. The average Bonchev–Trinajstić information content (AvgIpc) is 3.53. The molecule has 0 saturated carbocycles. The zero-order chi connectivity index (χ0) is 33.3. The second-order valence-electron chi connectivity index (χ2n) is 12.7. The van der Waals surface area contributed by atoms with Crippen molar-refractivity contribution in [3.8, 4) is 50.2 Å². The lowest BCUT2D eigenvalue weighted by molar-refractivity contribution is 1.18. The van der Waals surface area contributed by atoms with E-state index < -0.39 is 0 Å². The maximum atomic E-state index is 3.65. The van der Waals surface area contributed by atoms with Gasteiger partial charge < -0.3 is 9.88 Å². The van der Waals surface area contributed by atoms with Crippen LogP contribution < -0.4 is 5.32 Å². The van der Waals surface area contributed by atoms with E-state index in [1.54, 1.807) is 0 Å². The first-order chi connectivity index (χ1) is 24.8. The summed E-state index contributed by atoms with van der Waals surface area (Å²) in [5.41, 5.74) is 15.3. The van der Waals surface area contributed by atoms with Crippen LogP contribution in [0.2, 0.25) is 0 Å². The quantitative estimate of drug-likeness (QED) is 0.184. The van der Waals surface area contributed by atoms with E-state index in [2.05, 4.69) is 204 Å². The fraction of sp³-hybridized carbons (Fsp3) is 0. The summed E-state index contributed by atoms with van der Waals surface area (Å²) >= 11 is 0. The molecular weight excluding hydrogens is 605 g/mol. The Bertz CT molecular complexity index is 2580. The van der Waals surface area contributed by atoms with Gasteiger partial charge in [0.1, 0.15) is 0 Å². The Labute approximate surface area is 292 Å². The van der Waals surface area contributed by atoms with Crippen LogP contribution in [0.3, 0.4) is 0 Å². The molecule has 236 valence electrons. The molecule has 0 radical (unpaired) electrons. The Morgan fingerprint density at radius 3 is 1.58 bits per heavy atom. The third-order valence-electron chi connectivity index (χ3n) is 9.59. The van der Waals surface area contributed by atoms with Crippen LogP contribution in [0.1, 0.15) is 0 Å². The number of hydrogen-bond donors (Lipinski definition) is 1. The molecule has 0 spiro atoms. The summed E-state index contributed by atoms with van der Waals surface area (Å²) in [4.78, 5) is 0. The van der Waals surface area contributed by atoms with E-state index in [9.17, 15) is 0 Å². The van der Waals surface area contributed by atoms with Gasteiger partial charge in [-0.05, 0) is 99.6 Å². The number of rotatable bonds is 7. The molecule has 0 aliphatic rings. The molecule has 0 amide bonds. The Morgan fingerprint density at radius 2 is 0.840 bits per heavy atom. The lowest BCUT2D eigenvalue weighted by Crippen LogP contribution is -1.94. The third kappa shape index (κ3) is 5.53. The summed E-state index contributed by atoms with van der Waals surface area (Å²) in [5, 5.41) is 6.13. The average molecular weight is 639 g/mol. The Hall–Kier alpha value is -6.64. The van der Waals surface area contributed by atoms with Gasteiger partial charge in [-0.1, -0.05) is 140 Å². The van der Waals surface area contributed by atoms with Crippen LogP contribution in [0.25, 0.3) is 72.0 Å². The number of benzene rings is 8. The van der Waals surface area contributed by atoms with Crippen molar-refractivity contribution in [1.29, 1.82) is 0 Å². The fourth-order valence-corrected chi connectivity index (χ4v) is 7.11. The van der Waals surface area contributed by atoms with E-state index in [0.717, 1.165) is 17.1 Å². The van der Waals surface area contributed by atoms with Crippen LogP contribution in [0.4, 0.5) is 11.4 Å². The molecule has 0 aliphatic carbocycles. The molecule has 0 unspecified atom stereocenters. The van der Waals surface area contributed by atoms with Gasteiger partial charge in [0.15, 0.2) is 0 Å². The Morgan fingerprint density at radius 1 is 0.320 bits per heavy atom. The van der Waals surface area contributed by atoms with E-state index in [4.69, 9.17) is 0 Å². The Balaban J connectivity index is 1.11. The summed E-state index contributed by atoms with van der Waals surface area (Å²) in [6.45, 7) is 0. The highest BCUT2D eigenvalue weighted by atomic mass is 15.0. The number of nitrogens with one attached hydrogen (secondary N) is 1. The van der Waals surface area contributed by atoms with Crippen molar-refractivity contribution in [1.82, 2.24) is 4.57 Å². The van der Waals surface area contributed by atoms with Crippen molar-refractivity contribution < 1.29 is 0 Å². The van der Waals surface area contributed by atoms with Gasteiger partial charge in [-0.15, -0.1) is 0 Å². The predicted molar refractivity (Wildman–Crippen MR) is 212 cm³/mol. The SMILES string of the molecule is c1ccc(Nc2ccc(-c3ccc4c(c3)c3ccccc3n4-c3ccc(-c4cccc(-c5ccccc5)c4)cc3)cc2-c2ccccc2)cc1. The first-order valence-electron chi connectivity index (χ1n) is 17.1. The topological polar surface area (TPSA) is 17.0 Å². The lowest BCUT2D eigenvalue weighted by atomic mass is 9.96. The first kappa shape index (κ1) is 29.5. The molecule has 1 N–H and O–H groups in total. The van der Waals surface area contributed by atoms with Crippen LogP contribution in [-0.2, 0) is 0 Å². The third-order valence-corrected chi connectivity index (χ3v) is 9.59. The van der Waals surface area contributed by atoms with Crippen LogP contribution >= 0.6 is 0 Å². The molecule has 8 aromatic carbocycles. The number of fused-ring (bicyclic) bond motifs is 3. The molecule has 1 aromatic heterocycles. The van der Waals surface area contributed by atoms with Crippen molar-refractivity contribution in [2.45, 2.75) is 0 Å². The number of hydrogen-bond acceptors (Lipinski definition) is 1. The Kier molecular flexibility index (Phi) is 7.53. The highest BCUT2D eigenvalue weighted by Crippen LogP contribution is 2.38. The minimum absolute atomic E-state index is 1.07. The molecule has 1 heterocycles. The number of para-hydroxylation sites is 2. The van der Waals surface area contributed by atoms with E-state index in [-0.39, 0.29) is 0 Å². The maximum absolute atomic E-state index is 3.65. The van der Waals surface area contributed by atoms with Crippen molar-refractivity contribution >= 4 is 33.2 Å². The number of anilines is 2. The van der Waals surface area contributed by atoms with Gasteiger partial charge >= 0.3 is 0 Å². The van der Waals surface area contributed by atoms with Crippen LogP contribution in [-0.4, -0.2) is 4.57 Å². The lowest BCUT2D eigenvalue weighted by Gasteiger charge is -2.15. The summed E-state index contributed by atoms with van der Waals surface area (Å²) < 4.78 is 2.39. The molecule has 0 fully saturated rings. The summed E-state index contributed by atoms with van der Waals surface area (Å²) in [5.74, 6) is 0. The van der Waals surface area contributed by atoms with Gasteiger partial charge in [-0.2, -0.15) is 0 Å². The van der Waals surface area contributed by atoms with Gasteiger partial charge in [0, 0.05) is 33.4 Å². The van der Waals surface area contributed by atoms with E-state index >= 15 is 0 Å². The van der Waals surface area contributed by atoms with Gasteiger partial charge in [0.2, 0.25) is 0 Å². The predicted octanol–water partition coefficient (Wildman–Crippen LogP) is 13.2. The fourth-order valence-electron chi connectivity index (χ4n) is 7.11. The second kappa shape index (κ2) is 12.8. The monoisotopic (exact) mass is 638 g/mol. The standard InChI is InChI=1S/C48H34N2/c1-4-13-34(14-5-1)37-17-12-18-38(31-37)35-23-27-42(28-24-35)50-47-22-11-10-21-43(47)45-33-40(26-30-48(45)50)39-25-29-46(49-41-19-8-3-9-20-41)44(32-39)36-15-6-2-7-16-36/h1-33,49H. The van der Waals surface area contributed by atoms with Crippen LogP contribution in [0, 0.1) is 0 Å². The van der Waals surface area contributed by atoms with Crippen LogP contribution in [0.15, 0.2) is 200 Å². The molecule has 2 nitrogen and oxygen atoms in total. The molecular formula is C48H34N2. The molecule has 9 rings (SSSR count). The van der Waals surface area contributed by atoms with E-state index in [1.807, 2.05) is 6.07 Å². The highest BCUT2D eigenvalue weighted by Gasteiger charge is 2.15. The highest BCUT2D eigenvalue weighted by molar-refractivity contribution is 6.10. The largest absolute Gasteiger partial charge is 0.355 e. The molecule has 0 atom stereocenters. The molecule has 50 heavy (non-hydrogen) atoms. The van der Waals surface area contributed by atoms with Crippen molar-refractivity contribution in [3.63, 3.8) is 0 Å². The normalized spacial score (nSPS) is 11.2. The minimum atomic E-state index is 1.07. The van der Waals surface area contributed by atoms with Crippen molar-refractivity contribution in [2.24, 2.45) is 0 Å².